The number of anilines is 1. The minimum Gasteiger partial charge on any atom is -0.325 e. The minimum absolute atomic E-state index is 0.0321. The lowest BCUT2D eigenvalue weighted by Crippen LogP contribution is -3.17. The van der Waals surface area contributed by atoms with Gasteiger partial charge in [-0.15, -0.1) is 0 Å². The van der Waals surface area contributed by atoms with Gasteiger partial charge >= 0.3 is 0 Å². The van der Waals surface area contributed by atoms with Crippen molar-refractivity contribution < 1.29 is 18.1 Å². The Morgan fingerprint density at radius 3 is 2.29 bits per heavy atom. The van der Waals surface area contributed by atoms with Crippen molar-refractivity contribution in [2.75, 3.05) is 18.4 Å². The molecule has 0 spiro atoms. The molecule has 0 bridgehead atoms. The highest BCUT2D eigenvalue weighted by atomic mass is 32.2. The molecule has 6 nitrogen and oxygen atoms in total. The third kappa shape index (κ3) is 5.41. The number of hydrogen-bond acceptors (Lipinski definition) is 3. The smallest absolute Gasteiger partial charge is 0.282 e. The molecule has 1 aliphatic rings. The number of nitrogens with one attached hydrogen (secondary N) is 2. The number of rotatable bonds is 6. The number of amides is 1. The summed E-state index contributed by atoms with van der Waals surface area (Å²) in [6.45, 7) is 3.91. The fourth-order valence-electron chi connectivity index (χ4n) is 3.80. The maximum atomic E-state index is 12.6. The average molecular weight is 403 g/mol. The van der Waals surface area contributed by atoms with E-state index in [-0.39, 0.29) is 16.8 Å². The van der Waals surface area contributed by atoms with Crippen molar-refractivity contribution in [3.63, 3.8) is 0 Å². The lowest BCUT2D eigenvalue weighted by atomic mass is 9.89. The maximum absolute atomic E-state index is 12.6. The van der Waals surface area contributed by atoms with Gasteiger partial charge in [-0.25, -0.2) is 13.6 Å². The average Bonchev–Trinajstić information content (AvgIpc) is 2.68. The predicted molar refractivity (Wildman–Crippen MR) is 109 cm³/mol. The Hall–Kier alpha value is -2.22. The van der Waals surface area contributed by atoms with Gasteiger partial charge in [0.05, 0.1) is 18.0 Å². The Labute approximate surface area is 166 Å². The summed E-state index contributed by atoms with van der Waals surface area (Å²) in [7, 11) is -3.73. The normalized spacial score (nSPS) is 21.1. The number of nitrogens with two attached hydrogens (primary N) is 1. The van der Waals surface area contributed by atoms with Crippen LogP contribution in [0, 0.1) is 5.92 Å². The van der Waals surface area contributed by atoms with Crippen molar-refractivity contribution >= 4 is 21.6 Å². The van der Waals surface area contributed by atoms with Gasteiger partial charge in [-0.2, -0.15) is 0 Å². The van der Waals surface area contributed by atoms with Crippen molar-refractivity contribution in [3.05, 3.63) is 60.2 Å². The van der Waals surface area contributed by atoms with E-state index in [0.29, 0.717) is 11.6 Å². The minimum atomic E-state index is -3.73. The van der Waals surface area contributed by atoms with Crippen LogP contribution < -0.4 is 15.4 Å². The van der Waals surface area contributed by atoms with E-state index >= 15 is 0 Å². The van der Waals surface area contributed by atoms with E-state index in [2.05, 4.69) is 29.6 Å². The molecule has 0 saturated carbocycles. The predicted octanol–water partition coefficient (Wildman–Crippen LogP) is 1.20. The number of carbonyl (C=O) groups is 1. The van der Waals surface area contributed by atoms with E-state index in [9.17, 15) is 13.2 Å². The summed E-state index contributed by atoms with van der Waals surface area (Å²) in [5.74, 6) is 0.618. The number of sulfonamides is 1. The van der Waals surface area contributed by atoms with Crippen LogP contribution in [0.25, 0.3) is 0 Å². The fourth-order valence-corrected chi connectivity index (χ4v) is 4.31. The molecule has 1 saturated heterocycles. The van der Waals surface area contributed by atoms with Crippen LogP contribution in [0.1, 0.15) is 25.3 Å². The van der Waals surface area contributed by atoms with Crippen LogP contribution >= 0.6 is 0 Å². The number of likely N-dealkylation sites (tertiary alicyclic amines) is 1. The second-order valence-electron chi connectivity index (χ2n) is 7.57. The van der Waals surface area contributed by atoms with Crippen LogP contribution in [-0.4, -0.2) is 33.5 Å². The van der Waals surface area contributed by atoms with E-state index in [1.807, 2.05) is 13.0 Å². The second kappa shape index (κ2) is 8.86. The number of primary sulfonamides is 1. The quantitative estimate of drug-likeness (QED) is 0.678. The molecular formula is C21H28N3O3S+. The van der Waals surface area contributed by atoms with Gasteiger partial charge in [-0.1, -0.05) is 30.3 Å². The number of benzene rings is 2. The summed E-state index contributed by atoms with van der Waals surface area (Å²) < 4.78 is 22.6. The molecule has 2 aromatic rings. The second-order valence-corrected chi connectivity index (χ2v) is 9.13. The lowest BCUT2D eigenvalue weighted by molar-refractivity contribution is -0.919. The van der Waals surface area contributed by atoms with Crippen LogP contribution in [0.2, 0.25) is 0 Å². The summed E-state index contributed by atoms with van der Waals surface area (Å²) in [6, 6.07) is 16.3. The zero-order valence-corrected chi connectivity index (χ0v) is 16.9. The monoisotopic (exact) mass is 402 g/mol. The molecule has 150 valence electrons. The van der Waals surface area contributed by atoms with Crippen molar-refractivity contribution in [3.8, 4) is 0 Å². The van der Waals surface area contributed by atoms with Crippen LogP contribution in [0.15, 0.2) is 59.5 Å². The van der Waals surface area contributed by atoms with E-state index in [0.717, 1.165) is 32.4 Å². The number of carbonyl (C=O) groups excluding carboxylic acids is 1. The lowest BCUT2D eigenvalue weighted by Gasteiger charge is -2.32. The van der Waals surface area contributed by atoms with Crippen molar-refractivity contribution in [2.45, 2.75) is 37.1 Å². The molecule has 4 N–H and O–H groups in total. The van der Waals surface area contributed by atoms with Crippen LogP contribution in [0.4, 0.5) is 5.69 Å². The van der Waals surface area contributed by atoms with E-state index < -0.39 is 10.0 Å². The highest BCUT2D eigenvalue weighted by Gasteiger charge is 2.30. The summed E-state index contributed by atoms with van der Waals surface area (Å²) in [4.78, 5) is 13.9. The molecule has 2 aromatic carbocycles. The summed E-state index contributed by atoms with van der Waals surface area (Å²) in [6.07, 6.45) is 3.33. The molecule has 1 fully saturated rings. The first-order valence-corrected chi connectivity index (χ1v) is 11.2. The van der Waals surface area contributed by atoms with Gasteiger partial charge in [0, 0.05) is 5.69 Å². The largest absolute Gasteiger partial charge is 0.325 e. The Morgan fingerprint density at radius 1 is 1.11 bits per heavy atom. The molecule has 1 amide bonds. The van der Waals surface area contributed by atoms with Crippen molar-refractivity contribution in [2.24, 2.45) is 11.1 Å². The van der Waals surface area contributed by atoms with Gasteiger partial charge < -0.3 is 10.2 Å². The molecule has 0 unspecified atom stereocenters. The van der Waals surface area contributed by atoms with Crippen molar-refractivity contribution in [1.82, 2.24) is 0 Å². The standard InChI is InChI=1S/C21H27N3O3S/c1-16(21(25)23-19-7-9-20(10-8-19)28(22,26)27)24-13-11-18(12-14-24)15-17-5-3-2-4-6-17/h2-10,16,18H,11-15H2,1H3,(H,23,25)(H2,22,26,27)/p+1/t16-/m1/s1. The molecule has 0 aliphatic carbocycles. The first-order chi connectivity index (χ1) is 13.3. The summed E-state index contributed by atoms with van der Waals surface area (Å²) >= 11 is 0. The van der Waals surface area contributed by atoms with Crippen LogP contribution in [0.5, 0.6) is 0 Å². The number of hydrogen-bond donors (Lipinski definition) is 3. The van der Waals surface area contributed by atoms with Gasteiger partial charge in [0.25, 0.3) is 5.91 Å². The first-order valence-electron chi connectivity index (χ1n) is 9.65. The molecule has 1 atom stereocenters. The molecular weight excluding hydrogens is 374 g/mol. The highest BCUT2D eigenvalue weighted by Crippen LogP contribution is 2.17. The van der Waals surface area contributed by atoms with Gasteiger partial charge in [0.15, 0.2) is 6.04 Å². The molecule has 0 radical (unpaired) electrons. The van der Waals surface area contributed by atoms with Crippen LogP contribution in [-0.2, 0) is 21.2 Å². The molecule has 0 aromatic heterocycles. The molecule has 28 heavy (non-hydrogen) atoms. The van der Waals surface area contributed by atoms with Crippen molar-refractivity contribution in [1.29, 1.82) is 0 Å². The molecule has 1 aliphatic heterocycles. The van der Waals surface area contributed by atoms with Gasteiger partial charge in [-0.05, 0) is 61.9 Å². The van der Waals surface area contributed by atoms with E-state index in [4.69, 9.17) is 5.14 Å². The Bertz CT molecular complexity index is 890. The Balaban J connectivity index is 1.50. The number of piperidine rings is 1. The molecule has 3 rings (SSSR count). The summed E-state index contributed by atoms with van der Waals surface area (Å²) in [5, 5.41) is 7.97. The van der Waals surface area contributed by atoms with E-state index in [1.54, 1.807) is 12.1 Å². The fraction of sp³-hybridized carbons (Fsp3) is 0.381. The maximum Gasteiger partial charge on any atom is 0.282 e. The zero-order valence-electron chi connectivity index (χ0n) is 16.1. The molecule has 1 heterocycles. The van der Waals surface area contributed by atoms with Crippen LogP contribution in [0.3, 0.4) is 0 Å². The third-order valence-electron chi connectivity index (χ3n) is 5.57. The van der Waals surface area contributed by atoms with Gasteiger partial charge in [0.1, 0.15) is 0 Å². The first kappa shape index (κ1) is 20.5. The Kier molecular flexibility index (Phi) is 6.49. The SMILES string of the molecule is C[C@H](C(=O)Nc1ccc(S(N)(=O)=O)cc1)[NH+]1CCC(Cc2ccccc2)CC1. The molecule has 7 heteroatoms. The van der Waals surface area contributed by atoms with Gasteiger partial charge in [0.2, 0.25) is 10.0 Å². The Morgan fingerprint density at radius 2 is 1.71 bits per heavy atom. The zero-order chi connectivity index (χ0) is 20.1. The topological polar surface area (TPSA) is 93.7 Å². The third-order valence-corrected chi connectivity index (χ3v) is 6.50. The number of quaternary nitrogens is 1. The summed E-state index contributed by atoms with van der Waals surface area (Å²) in [5.41, 5.74) is 1.95. The van der Waals surface area contributed by atoms with Gasteiger partial charge in [-0.3, -0.25) is 4.79 Å². The highest BCUT2D eigenvalue weighted by molar-refractivity contribution is 7.89. The van der Waals surface area contributed by atoms with E-state index in [1.165, 1.54) is 22.6 Å².